The molecule has 382 valence electrons. The first-order valence-electron chi connectivity index (χ1n) is 20.5. The van der Waals surface area contributed by atoms with Gasteiger partial charge >= 0.3 is 47.9 Å². The molecule has 0 aliphatic heterocycles. The van der Waals surface area contributed by atoms with Crippen molar-refractivity contribution in [2.75, 3.05) is 18.1 Å². The van der Waals surface area contributed by atoms with Gasteiger partial charge in [-0.1, -0.05) is 65.8 Å². The Morgan fingerprint density at radius 1 is 0.522 bits per heavy atom. The summed E-state index contributed by atoms with van der Waals surface area (Å²) < 4.78 is 4.91. The van der Waals surface area contributed by atoms with Crippen molar-refractivity contribution in [3.8, 4) is 0 Å². The highest BCUT2D eigenvalue weighted by Gasteiger charge is 2.32. The molecule has 1 rings (SSSR count). The molecule has 14 N–H and O–H groups in total. The van der Waals surface area contributed by atoms with E-state index in [2.05, 4.69) is 32.1 Å². The summed E-state index contributed by atoms with van der Waals surface area (Å²) in [6.45, 7) is 3.08. The molecule has 0 saturated heterocycles. The van der Waals surface area contributed by atoms with Gasteiger partial charge in [-0.3, -0.25) is 39.0 Å². The van der Waals surface area contributed by atoms with Crippen molar-refractivity contribution in [2.45, 2.75) is 101 Å². The number of carboxylic acids is 6. The van der Waals surface area contributed by atoms with Crippen LogP contribution in [0.2, 0.25) is 0 Å². The van der Waals surface area contributed by atoms with Crippen LogP contribution < -0.4 is 42.8 Å². The molecule has 30 heteroatoms. The lowest BCUT2D eigenvalue weighted by atomic mass is 10.0. The standard InChI is InChI=1S/C39H54N8O20S2/c1-19(2)31(54)46-47-39(66)67-14-15-68-69-18-26(37(63)64)43-32(55)24(16-20-6-4-3-5-7-20)42-33(56)25(17-30(52)53)41-28(49)11-8-21(34(57)58)40-27(48)12-9-22(35(59)60)44-38(65)45-23(36(61)62)10-13-29(50)51/h3-7,19,21-26H,8-18H2,1-2H3,(H,40,48)(H,41,49)(H,42,56)(H,43,55)(H,46,54)(H,47,66)(H,50,51)(H,52,53)(H,57,58)(H,59,60)(H,61,62)(H,63,64)(H2,44,45,65)/t21-,22-,23-,24-,25-,26-/m0/s1. The summed E-state index contributed by atoms with van der Waals surface area (Å²) in [6, 6.07) is -3.58. The molecule has 0 spiro atoms. The van der Waals surface area contributed by atoms with Crippen LogP contribution in [0.4, 0.5) is 9.59 Å². The van der Waals surface area contributed by atoms with E-state index >= 15 is 0 Å². The summed E-state index contributed by atoms with van der Waals surface area (Å²) in [5, 5.41) is 69.2. The van der Waals surface area contributed by atoms with E-state index in [9.17, 15) is 87.9 Å². The van der Waals surface area contributed by atoms with Gasteiger partial charge in [-0.05, 0) is 24.8 Å². The molecule has 0 aliphatic rings. The summed E-state index contributed by atoms with van der Waals surface area (Å²) in [6.07, 6.45) is -6.18. The van der Waals surface area contributed by atoms with Crippen molar-refractivity contribution in [1.29, 1.82) is 0 Å². The van der Waals surface area contributed by atoms with Gasteiger partial charge in [0, 0.05) is 43.1 Å². The molecule has 1 aromatic rings. The Kier molecular flexibility index (Phi) is 27.3. The van der Waals surface area contributed by atoms with Crippen molar-refractivity contribution in [1.82, 2.24) is 42.8 Å². The van der Waals surface area contributed by atoms with Crippen LogP contribution in [0.15, 0.2) is 30.3 Å². The van der Waals surface area contributed by atoms with Crippen LogP contribution in [-0.4, -0.2) is 162 Å². The van der Waals surface area contributed by atoms with Crippen LogP contribution in [0.25, 0.3) is 0 Å². The number of hydrogen-bond donors (Lipinski definition) is 14. The van der Waals surface area contributed by atoms with E-state index in [1.54, 1.807) is 44.2 Å². The minimum absolute atomic E-state index is 0.136. The van der Waals surface area contributed by atoms with Gasteiger partial charge in [0.15, 0.2) is 0 Å². The summed E-state index contributed by atoms with van der Waals surface area (Å²) in [5.74, 6) is -14.7. The fourth-order valence-electron chi connectivity index (χ4n) is 5.28. The lowest BCUT2D eigenvalue weighted by Crippen LogP contribution is -2.57. The molecule has 0 saturated carbocycles. The molecule has 0 bridgehead atoms. The number of aliphatic carboxylic acids is 6. The van der Waals surface area contributed by atoms with Gasteiger partial charge in [-0.25, -0.2) is 34.2 Å². The molecule has 0 heterocycles. The Labute approximate surface area is 399 Å². The molecule has 69 heavy (non-hydrogen) atoms. The van der Waals surface area contributed by atoms with Crippen molar-refractivity contribution >= 4 is 99.1 Å². The van der Waals surface area contributed by atoms with E-state index in [4.69, 9.17) is 9.84 Å². The number of rotatable bonds is 32. The van der Waals surface area contributed by atoms with Crippen molar-refractivity contribution < 1.29 is 97.7 Å². The number of ether oxygens (including phenoxy) is 1. The fourth-order valence-corrected chi connectivity index (χ4v) is 7.26. The van der Waals surface area contributed by atoms with Gasteiger partial charge in [0.2, 0.25) is 29.5 Å². The third kappa shape index (κ3) is 25.9. The first kappa shape index (κ1) is 59.6. The number of carbonyl (C=O) groups excluding carboxylic acids is 7. The average molecular weight is 1020 g/mol. The highest BCUT2D eigenvalue weighted by molar-refractivity contribution is 8.76. The van der Waals surface area contributed by atoms with Crippen molar-refractivity contribution in [3.05, 3.63) is 35.9 Å². The molecule has 8 amide bonds. The van der Waals surface area contributed by atoms with E-state index < -0.39 is 165 Å². The highest BCUT2D eigenvalue weighted by Crippen LogP contribution is 2.22. The predicted octanol–water partition coefficient (Wildman–Crippen LogP) is -1.76. The molecule has 0 radical (unpaired) electrons. The number of hydrogen-bond acceptors (Lipinski definition) is 16. The van der Waals surface area contributed by atoms with E-state index in [0.717, 1.165) is 21.6 Å². The van der Waals surface area contributed by atoms with Crippen LogP contribution in [0.1, 0.15) is 64.4 Å². The second kappa shape index (κ2) is 31.6. The quantitative estimate of drug-likeness (QED) is 0.0216. The SMILES string of the molecule is CC(C)C(=O)NNC(=O)OCCSSC[C@H](NC(=O)[C@H](Cc1ccccc1)NC(=O)[C@H](CC(=O)O)NC(=O)CC[C@H](NC(=O)CC[C@H](NC(=O)N[C@@H](CCC(=O)O)C(=O)O)C(=O)O)C(=O)O)C(=O)O. The zero-order valence-corrected chi connectivity index (χ0v) is 38.6. The maximum Gasteiger partial charge on any atom is 0.426 e. The Balaban J connectivity index is 2.94. The van der Waals surface area contributed by atoms with Gasteiger partial charge in [-0.2, -0.15) is 0 Å². The Hall–Kier alpha value is -7.37. The van der Waals surface area contributed by atoms with Crippen molar-refractivity contribution in [2.24, 2.45) is 5.92 Å². The van der Waals surface area contributed by atoms with Gasteiger partial charge < -0.3 is 67.3 Å². The number of benzene rings is 1. The monoisotopic (exact) mass is 1020 g/mol. The molecule has 0 fully saturated rings. The summed E-state index contributed by atoms with van der Waals surface area (Å²) in [7, 11) is 2.07. The van der Waals surface area contributed by atoms with Gasteiger partial charge in [-0.15, -0.1) is 0 Å². The van der Waals surface area contributed by atoms with Gasteiger partial charge in [0.05, 0.1) is 6.42 Å². The van der Waals surface area contributed by atoms with Crippen molar-refractivity contribution in [3.63, 3.8) is 0 Å². The third-order valence-electron chi connectivity index (χ3n) is 8.90. The van der Waals surface area contributed by atoms with E-state index in [0.29, 0.717) is 5.56 Å². The number of hydrazine groups is 1. The number of carbonyl (C=O) groups is 13. The maximum atomic E-state index is 13.5. The molecule has 0 aliphatic carbocycles. The maximum absolute atomic E-state index is 13.5. The minimum Gasteiger partial charge on any atom is -0.481 e. The van der Waals surface area contributed by atoms with Crippen LogP contribution >= 0.6 is 21.6 Å². The fraction of sp³-hybridized carbons (Fsp3) is 0.513. The van der Waals surface area contributed by atoms with Crippen LogP contribution in [0, 0.1) is 5.92 Å². The molecular weight excluding hydrogens is 965 g/mol. The van der Waals surface area contributed by atoms with E-state index in [1.165, 1.54) is 0 Å². The molecule has 1 aromatic carbocycles. The highest BCUT2D eigenvalue weighted by atomic mass is 33.1. The molecular formula is C39H54N8O20S2. The predicted molar refractivity (Wildman–Crippen MR) is 238 cm³/mol. The largest absolute Gasteiger partial charge is 0.481 e. The summed E-state index contributed by atoms with van der Waals surface area (Å²) in [5.41, 5.74) is 4.69. The van der Waals surface area contributed by atoms with Crippen LogP contribution in [0.5, 0.6) is 0 Å². The first-order chi connectivity index (χ1) is 32.4. The first-order valence-corrected chi connectivity index (χ1v) is 23.0. The lowest BCUT2D eigenvalue weighted by Gasteiger charge is -2.24. The van der Waals surface area contributed by atoms with Gasteiger partial charge in [0.25, 0.3) is 0 Å². The second-order valence-corrected chi connectivity index (χ2v) is 17.4. The normalized spacial score (nSPS) is 13.3. The Morgan fingerprint density at radius 3 is 1.49 bits per heavy atom. The van der Waals surface area contributed by atoms with Gasteiger partial charge in [0.1, 0.15) is 42.9 Å². The van der Waals surface area contributed by atoms with E-state index in [-0.39, 0.29) is 24.5 Å². The van der Waals surface area contributed by atoms with Crippen LogP contribution in [0.3, 0.4) is 0 Å². The third-order valence-corrected chi connectivity index (χ3v) is 11.3. The second-order valence-electron chi connectivity index (χ2n) is 14.7. The summed E-state index contributed by atoms with van der Waals surface area (Å²) >= 11 is 0. The lowest BCUT2D eigenvalue weighted by molar-refractivity contribution is -0.143. The number of carboxylic acid groups (broad SMARTS) is 6. The molecule has 0 unspecified atom stereocenters. The van der Waals surface area contributed by atoms with E-state index in [1.807, 2.05) is 10.6 Å². The average Bonchev–Trinajstić information content (AvgIpc) is 3.26. The minimum atomic E-state index is -1.88. The molecule has 6 atom stereocenters. The Morgan fingerprint density at radius 2 is 1.00 bits per heavy atom. The summed E-state index contributed by atoms with van der Waals surface area (Å²) in [4.78, 5) is 158. The molecule has 28 nitrogen and oxygen atoms in total. The number of nitrogens with one attached hydrogen (secondary N) is 8. The number of amides is 8. The smallest absolute Gasteiger partial charge is 0.426 e. The zero-order valence-electron chi connectivity index (χ0n) is 36.9. The zero-order chi connectivity index (χ0) is 52.2. The Bertz CT molecular complexity index is 2010. The number of urea groups is 1. The van der Waals surface area contributed by atoms with Crippen LogP contribution in [-0.2, 0) is 63.9 Å². The topological polar surface area (TPSA) is 449 Å². The molecule has 0 aromatic heterocycles.